The van der Waals surface area contributed by atoms with Gasteiger partial charge >= 0.3 is 0 Å². The average molecular weight is 425 g/mol. The summed E-state index contributed by atoms with van der Waals surface area (Å²) in [6.07, 6.45) is 16.7. The number of phenols is 1. The number of allylic oxidation sites excluding steroid dienone is 6. The summed E-state index contributed by atoms with van der Waals surface area (Å²) < 4.78 is 6.55. The summed E-state index contributed by atoms with van der Waals surface area (Å²) >= 11 is 0. The standard InChI is InChI=1S/C29H44O2/c1-20(2)12-9-13-21(3)14-10-15-22(4)16-11-18-29(8)19-17-26-25(7)27(30)23(5)24(6)28(26)31-29/h10,14-16,20,30H,9,11-13,17-19H2,1-8H3/b15-10+,21-14+,22-16+. The second-order valence-electron chi connectivity index (χ2n) is 10.2. The zero-order valence-electron chi connectivity index (χ0n) is 21.2. The van der Waals surface area contributed by atoms with E-state index in [4.69, 9.17) is 4.74 Å². The number of hydrogen-bond donors (Lipinski definition) is 1. The minimum Gasteiger partial charge on any atom is -0.507 e. The maximum absolute atomic E-state index is 10.4. The van der Waals surface area contributed by atoms with Gasteiger partial charge in [-0.15, -0.1) is 0 Å². The minimum atomic E-state index is -0.152. The number of aromatic hydroxyl groups is 1. The summed E-state index contributed by atoms with van der Waals surface area (Å²) in [6, 6.07) is 0. The predicted octanol–water partition coefficient (Wildman–Crippen LogP) is 8.46. The molecule has 0 aliphatic carbocycles. The van der Waals surface area contributed by atoms with Crippen LogP contribution >= 0.6 is 0 Å². The molecule has 0 saturated heterocycles. The third-order valence-electron chi connectivity index (χ3n) is 6.82. The molecule has 31 heavy (non-hydrogen) atoms. The van der Waals surface area contributed by atoms with Gasteiger partial charge in [0, 0.05) is 5.56 Å². The predicted molar refractivity (Wildman–Crippen MR) is 134 cm³/mol. The van der Waals surface area contributed by atoms with Crippen molar-refractivity contribution in [2.75, 3.05) is 0 Å². The fourth-order valence-corrected chi connectivity index (χ4v) is 4.38. The van der Waals surface area contributed by atoms with E-state index in [2.05, 4.69) is 65.8 Å². The van der Waals surface area contributed by atoms with Crippen LogP contribution in [-0.4, -0.2) is 10.7 Å². The molecule has 1 aromatic carbocycles. The van der Waals surface area contributed by atoms with E-state index < -0.39 is 0 Å². The molecule has 0 aromatic heterocycles. The molecule has 0 bridgehead atoms. The van der Waals surface area contributed by atoms with Crippen molar-refractivity contribution in [3.63, 3.8) is 0 Å². The second kappa shape index (κ2) is 11.1. The van der Waals surface area contributed by atoms with Crippen molar-refractivity contribution >= 4 is 0 Å². The summed E-state index contributed by atoms with van der Waals surface area (Å²) in [6.45, 7) is 17.3. The van der Waals surface area contributed by atoms with E-state index in [1.165, 1.54) is 36.0 Å². The third-order valence-corrected chi connectivity index (χ3v) is 6.82. The number of fused-ring (bicyclic) bond motifs is 1. The van der Waals surface area contributed by atoms with E-state index in [0.29, 0.717) is 5.75 Å². The van der Waals surface area contributed by atoms with Crippen LogP contribution < -0.4 is 4.74 Å². The molecule has 1 aromatic rings. The molecule has 0 radical (unpaired) electrons. The van der Waals surface area contributed by atoms with Crippen LogP contribution in [-0.2, 0) is 6.42 Å². The Labute approximate surface area is 191 Å². The Kier molecular flexibility index (Phi) is 9.03. The summed E-state index contributed by atoms with van der Waals surface area (Å²) in [7, 11) is 0. The van der Waals surface area contributed by atoms with Crippen molar-refractivity contribution < 1.29 is 9.84 Å². The smallest absolute Gasteiger partial charge is 0.127 e. The van der Waals surface area contributed by atoms with Crippen LogP contribution in [0.1, 0.15) is 95.4 Å². The van der Waals surface area contributed by atoms with Crippen molar-refractivity contribution in [1.29, 1.82) is 0 Å². The highest BCUT2D eigenvalue weighted by atomic mass is 16.5. The molecular formula is C29H44O2. The third kappa shape index (κ3) is 7.02. The van der Waals surface area contributed by atoms with Crippen molar-refractivity contribution in [3.8, 4) is 11.5 Å². The average Bonchev–Trinajstić information content (AvgIpc) is 2.70. The van der Waals surface area contributed by atoms with Gasteiger partial charge in [-0.25, -0.2) is 0 Å². The first-order valence-corrected chi connectivity index (χ1v) is 12.0. The summed E-state index contributed by atoms with van der Waals surface area (Å²) in [4.78, 5) is 0. The van der Waals surface area contributed by atoms with Crippen LogP contribution in [0.15, 0.2) is 35.5 Å². The first-order valence-electron chi connectivity index (χ1n) is 12.0. The molecule has 0 saturated carbocycles. The Morgan fingerprint density at radius 2 is 1.84 bits per heavy atom. The van der Waals surface area contributed by atoms with Crippen LogP contribution in [0.3, 0.4) is 0 Å². The quantitative estimate of drug-likeness (QED) is 0.403. The maximum atomic E-state index is 10.4. The lowest BCUT2D eigenvalue weighted by Gasteiger charge is -2.38. The van der Waals surface area contributed by atoms with E-state index >= 15 is 0 Å². The van der Waals surface area contributed by atoms with Gasteiger partial charge in [0.05, 0.1) is 0 Å². The lowest BCUT2D eigenvalue weighted by atomic mass is 9.85. The Morgan fingerprint density at radius 3 is 2.52 bits per heavy atom. The largest absolute Gasteiger partial charge is 0.507 e. The molecule has 0 amide bonds. The summed E-state index contributed by atoms with van der Waals surface area (Å²) in [5.41, 5.74) is 6.79. The topological polar surface area (TPSA) is 29.5 Å². The molecule has 1 aliphatic rings. The Balaban J connectivity index is 1.92. The summed E-state index contributed by atoms with van der Waals surface area (Å²) in [5.74, 6) is 2.22. The Morgan fingerprint density at radius 1 is 1.13 bits per heavy atom. The first-order chi connectivity index (χ1) is 14.5. The molecule has 2 rings (SSSR count). The van der Waals surface area contributed by atoms with Gasteiger partial charge in [0.15, 0.2) is 0 Å². The van der Waals surface area contributed by atoms with E-state index in [9.17, 15) is 5.11 Å². The lowest BCUT2D eigenvalue weighted by molar-refractivity contribution is 0.0558. The maximum Gasteiger partial charge on any atom is 0.127 e. The highest BCUT2D eigenvalue weighted by Gasteiger charge is 2.33. The van der Waals surface area contributed by atoms with Gasteiger partial charge in [-0.1, -0.05) is 55.7 Å². The van der Waals surface area contributed by atoms with Crippen molar-refractivity contribution in [2.45, 2.75) is 106 Å². The molecule has 1 unspecified atom stereocenters. The molecule has 1 N–H and O–H groups in total. The van der Waals surface area contributed by atoms with Crippen LogP contribution in [0, 0.1) is 26.7 Å². The fourth-order valence-electron chi connectivity index (χ4n) is 4.38. The molecular weight excluding hydrogens is 380 g/mol. The molecule has 1 atom stereocenters. The van der Waals surface area contributed by atoms with Gasteiger partial charge in [-0.2, -0.15) is 0 Å². The normalized spacial score (nSPS) is 19.8. The summed E-state index contributed by atoms with van der Waals surface area (Å²) in [5, 5.41) is 10.4. The van der Waals surface area contributed by atoms with E-state index in [-0.39, 0.29) is 5.60 Å². The fraction of sp³-hybridized carbons (Fsp3) is 0.586. The number of benzene rings is 1. The highest BCUT2D eigenvalue weighted by molar-refractivity contribution is 5.58. The second-order valence-corrected chi connectivity index (χ2v) is 10.2. The van der Waals surface area contributed by atoms with Crippen molar-refractivity contribution in [3.05, 3.63) is 57.7 Å². The first kappa shape index (κ1) is 25.3. The van der Waals surface area contributed by atoms with Gasteiger partial charge in [-0.3, -0.25) is 0 Å². The molecule has 1 heterocycles. The SMILES string of the molecule is CC(/C=C/C=C(\C)CCCC(C)C)=C\CCC1(C)CCc2c(C)c(O)c(C)c(C)c2O1. The van der Waals surface area contributed by atoms with Gasteiger partial charge in [0.1, 0.15) is 17.1 Å². The van der Waals surface area contributed by atoms with E-state index in [1.54, 1.807) is 0 Å². The molecule has 2 heteroatoms. The van der Waals surface area contributed by atoms with Crippen LogP contribution in [0.25, 0.3) is 0 Å². The zero-order valence-corrected chi connectivity index (χ0v) is 21.2. The minimum absolute atomic E-state index is 0.152. The van der Waals surface area contributed by atoms with Crippen molar-refractivity contribution in [2.24, 2.45) is 5.92 Å². The Bertz CT molecular complexity index is 854. The van der Waals surface area contributed by atoms with E-state index in [0.717, 1.165) is 54.0 Å². The van der Waals surface area contributed by atoms with Gasteiger partial charge in [-0.05, 0) is 103 Å². The highest BCUT2D eigenvalue weighted by Crippen LogP contribution is 2.44. The number of ether oxygens (including phenoxy) is 1. The van der Waals surface area contributed by atoms with Crippen molar-refractivity contribution in [1.82, 2.24) is 0 Å². The zero-order chi connectivity index (χ0) is 23.2. The molecule has 1 aliphatic heterocycles. The molecule has 2 nitrogen and oxygen atoms in total. The van der Waals surface area contributed by atoms with Gasteiger partial charge < -0.3 is 9.84 Å². The number of rotatable bonds is 9. The molecule has 172 valence electrons. The molecule has 0 fully saturated rings. The van der Waals surface area contributed by atoms with Crippen LogP contribution in [0.4, 0.5) is 0 Å². The Hall–Kier alpha value is -1.96. The monoisotopic (exact) mass is 424 g/mol. The lowest BCUT2D eigenvalue weighted by Crippen LogP contribution is -2.37. The van der Waals surface area contributed by atoms with Crippen LogP contribution in [0.5, 0.6) is 11.5 Å². The van der Waals surface area contributed by atoms with Gasteiger partial charge in [0.25, 0.3) is 0 Å². The van der Waals surface area contributed by atoms with Crippen LogP contribution in [0.2, 0.25) is 0 Å². The number of hydrogen-bond acceptors (Lipinski definition) is 2. The molecule has 0 spiro atoms. The van der Waals surface area contributed by atoms with E-state index in [1.807, 2.05) is 13.8 Å². The van der Waals surface area contributed by atoms with Gasteiger partial charge in [0.2, 0.25) is 0 Å². The number of phenolic OH excluding ortho intramolecular Hbond substituents is 1.